The van der Waals surface area contributed by atoms with Crippen molar-refractivity contribution in [3.05, 3.63) is 109 Å². The summed E-state index contributed by atoms with van der Waals surface area (Å²) in [5.41, 5.74) is 4.22. The van der Waals surface area contributed by atoms with Gasteiger partial charge in [-0.1, -0.05) is 23.8 Å². The molecule has 0 radical (unpaired) electrons. The molecule has 2 aromatic carbocycles. The SMILES string of the molecule is Cc1cccc(C(=O)O)c1.NC(=O)c1ccncc1.O=C(O)c1cccc([N+](=O)[O-])c1[N+](=O)[O-]. The number of nitrogens with zero attached hydrogens (tertiary/aromatic N) is 3. The quantitative estimate of drug-likeness (QED) is 0.365. The van der Waals surface area contributed by atoms with E-state index in [1.807, 2.05) is 13.0 Å². The van der Waals surface area contributed by atoms with Crippen LogP contribution in [0.15, 0.2) is 67.0 Å². The molecular formula is C21H18N4O9. The van der Waals surface area contributed by atoms with Crippen molar-refractivity contribution in [3.8, 4) is 0 Å². The maximum absolute atomic E-state index is 10.6. The van der Waals surface area contributed by atoms with Gasteiger partial charge in [-0.3, -0.25) is 30.0 Å². The molecule has 0 aliphatic carbocycles. The first-order valence-electron chi connectivity index (χ1n) is 9.10. The van der Waals surface area contributed by atoms with Crippen molar-refractivity contribution < 1.29 is 34.4 Å². The van der Waals surface area contributed by atoms with Gasteiger partial charge in [0.1, 0.15) is 5.56 Å². The number of aromatic nitrogens is 1. The fourth-order valence-corrected chi connectivity index (χ4v) is 2.34. The van der Waals surface area contributed by atoms with Crippen LogP contribution in [-0.4, -0.2) is 42.9 Å². The van der Waals surface area contributed by atoms with Crippen LogP contribution in [0.3, 0.4) is 0 Å². The Kier molecular flexibility index (Phi) is 9.95. The summed E-state index contributed by atoms with van der Waals surface area (Å²) in [7, 11) is 0. The Morgan fingerprint density at radius 2 is 1.44 bits per heavy atom. The van der Waals surface area contributed by atoms with Gasteiger partial charge in [-0.15, -0.1) is 0 Å². The lowest BCUT2D eigenvalue weighted by Gasteiger charge is -1.97. The van der Waals surface area contributed by atoms with Gasteiger partial charge in [0.2, 0.25) is 5.91 Å². The maximum Gasteiger partial charge on any atom is 0.360 e. The van der Waals surface area contributed by atoms with Crippen LogP contribution in [0.25, 0.3) is 0 Å². The third kappa shape index (κ3) is 8.14. The minimum Gasteiger partial charge on any atom is -0.478 e. The highest BCUT2D eigenvalue weighted by atomic mass is 16.6. The highest BCUT2D eigenvalue weighted by Crippen LogP contribution is 2.30. The lowest BCUT2D eigenvalue weighted by Crippen LogP contribution is -2.10. The molecule has 4 N–H and O–H groups in total. The number of hydrogen-bond donors (Lipinski definition) is 3. The van der Waals surface area contributed by atoms with E-state index in [-0.39, 0.29) is 0 Å². The van der Waals surface area contributed by atoms with Crippen LogP contribution in [0.1, 0.15) is 36.6 Å². The second kappa shape index (κ2) is 12.6. The molecule has 13 nitrogen and oxygen atoms in total. The molecule has 0 unspecified atom stereocenters. The lowest BCUT2D eigenvalue weighted by molar-refractivity contribution is -0.422. The Labute approximate surface area is 191 Å². The lowest BCUT2D eigenvalue weighted by atomic mass is 10.1. The van der Waals surface area contributed by atoms with Gasteiger partial charge in [0.25, 0.3) is 0 Å². The second-order valence-corrected chi connectivity index (χ2v) is 6.27. The summed E-state index contributed by atoms with van der Waals surface area (Å²) in [5, 5.41) is 38.0. The van der Waals surface area contributed by atoms with E-state index in [9.17, 15) is 34.6 Å². The van der Waals surface area contributed by atoms with Gasteiger partial charge < -0.3 is 15.9 Å². The predicted octanol–water partition coefficient (Wildman–Crippen LogP) is 3.07. The van der Waals surface area contributed by atoms with E-state index < -0.39 is 44.6 Å². The molecule has 3 aromatic rings. The minimum atomic E-state index is -1.58. The molecule has 1 amide bonds. The Hall–Kier alpha value is -5.20. The first-order chi connectivity index (χ1) is 16.0. The molecular weight excluding hydrogens is 452 g/mol. The van der Waals surface area contributed by atoms with Crippen molar-refractivity contribution >= 4 is 29.2 Å². The zero-order valence-electron chi connectivity index (χ0n) is 17.5. The number of amides is 1. The highest BCUT2D eigenvalue weighted by molar-refractivity contribution is 5.94. The fourth-order valence-electron chi connectivity index (χ4n) is 2.34. The standard InChI is InChI=1S/C8H8O2.C7H4N2O6.C6H6N2O/c1-6-3-2-4-7(5-6)8(9)10;10-7(11)4-2-1-3-5(8(12)13)6(4)9(14)15;7-6(9)5-1-3-8-4-2-5/h2-5H,1H3,(H,9,10);1-3H,(H,10,11);1-4H,(H2,7,9). The third-order valence-electron chi connectivity index (χ3n) is 3.85. The van der Waals surface area contributed by atoms with Crippen molar-refractivity contribution in [2.24, 2.45) is 5.73 Å². The molecule has 176 valence electrons. The summed E-state index contributed by atoms with van der Waals surface area (Å²) < 4.78 is 0. The summed E-state index contributed by atoms with van der Waals surface area (Å²) in [6.45, 7) is 1.87. The number of aryl methyl sites for hydroxylation is 1. The summed E-state index contributed by atoms with van der Waals surface area (Å²) >= 11 is 0. The van der Waals surface area contributed by atoms with Crippen LogP contribution in [0.5, 0.6) is 0 Å². The summed E-state index contributed by atoms with van der Waals surface area (Å²) in [6, 6.07) is 12.9. The monoisotopic (exact) mass is 470 g/mol. The molecule has 0 spiro atoms. The Morgan fingerprint density at radius 3 is 1.82 bits per heavy atom. The topological polar surface area (TPSA) is 217 Å². The first-order valence-corrected chi connectivity index (χ1v) is 9.10. The number of nitro groups is 2. The maximum atomic E-state index is 10.6. The van der Waals surface area contributed by atoms with Crippen LogP contribution in [0, 0.1) is 27.2 Å². The number of para-hydroxylation sites is 1. The second-order valence-electron chi connectivity index (χ2n) is 6.27. The first kappa shape index (κ1) is 26.8. The van der Waals surface area contributed by atoms with Gasteiger partial charge in [0.15, 0.2) is 0 Å². The molecule has 0 fully saturated rings. The fraction of sp³-hybridized carbons (Fsp3) is 0.0476. The summed E-state index contributed by atoms with van der Waals surface area (Å²) in [5.74, 6) is -2.87. The van der Waals surface area contributed by atoms with Gasteiger partial charge in [0, 0.05) is 24.0 Å². The van der Waals surface area contributed by atoms with E-state index >= 15 is 0 Å². The highest BCUT2D eigenvalue weighted by Gasteiger charge is 2.31. The molecule has 0 bridgehead atoms. The summed E-state index contributed by atoms with van der Waals surface area (Å²) in [6.07, 6.45) is 3.06. The van der Waals surface area contributed by atoms with Crippen LogP contribution < -0.4 is 5.73 Å². The van der Waals surface area contributed by atoms with Gasteiger partial charge in [-0.2, -0.15) is 0 Å². The summed E-state index contributed by atoms with van der Waals surface area (Å²) in [4.78, 5) is 53.9. The molecule has 0 saturated carbocycles. The van der Waals surface area contributed by atoms with Gasteiger partial charge in [-0.05, 0) is 37.3 Å². The molecule has 0 aliphatic heterocycles. The zero-order chi connectivity index (χ0) is 25.8. The molecule has 13 heteroatoms. The molecule has 0 saturated heterocycles. The van der Waals surface area contributed by atoms with Crippen molar-refractivity contribution in [2.45, 2.75) is 6.92 Å². The molecule has 34 heavy (non-hydrogen) atoms. The number of aromatic carboxylic acids is 2. The van der Waals surface area contributed by atoms with E-state index in [4.69, 9.17) is 15.9 Å². The molecule has 0 atom stereocenters. The van der Waals surface area contributed by atoms with Gasteiger partial charge >= 0.3 is 23.3 Å². The number of carbonyl (C=O) groups excluding carboxylic acids is 1. The average molecular weight is 470 g/mol. The molecule has 1 aromatic heterocycles. The van der Waals surface area contributed by atoms with Gasteiger partial charge in [0.05, 0.1) is 15.4 Å². The number of rotatable bonds is 5. The van der Waals surface area contributed by atoms with E-state index in [1.165, 1.54) is 12.4 Å². The van der Waals surface area contributed by atoms with Crippen LogP contribution in [0.4, 0.5) is 11.4 Å². The van der Waals surface area contributed by atoms with Crippen LogP contribution >= 0.6 is 0 Å². The van der Waals surface area contributed by atoms with E-state index in [2.05, 4.69) is 4.98 Å². The predicted molar refractivity (Wildman–Crippen MR) is 118 cm³/mol. The number of primary amides is 1. The van der Waals surface area contributed by atoms with Crippen molar-refractivity contribution in [3.63, 3.8) is 0 Å². The number of carboxylic acid groups (broad SMARTS) is 2. The number of carbonyl (C=O) groups is 3. The average Bonchev–Trinajstić information content (AvgIpc) is 2.79. The molecule has 0 aliphatic rings. The Bertz CT molecular complexity index is 1180. The van der Waals surface area contributed by atoms with E-state index in [1.54, 1.807) is 30.3 Å². The van der Waals surface area contributed by atoms with Crippen molar-refractivity contribution in [1.29, 1.82) is 0 Å². The number of carboxylic acids is 2. The van der Waals surface area contributed by atoms with Crippen molar-refractivity contribution in [2.75, 3.05) is 0 Å². The smallest absolute Gasteiger partial charge is 0.360 e. The minimum absolute atomic E-state index is 0.347. The number of hydrogen-bond acceptors (Lipinski definition) is 8. The molecule has 3 rings (SSSR count). The van der Waals surface area contributed by atoms with Crippen LogP contribution in [-0.2, 0) is 0 Å². The Morgan fingerprint density at radius 1 is 0.853 bits per heavy atom. The largest absolute Gasteiger partial charge is 0.478 e. The normalized spacial score (nSPS) is 9.32. The zero-order valence-corrected chi connectivity index (χ0v) is 17.5. The number of benzene rings is 2. The van der Waals surface area contributed by atoms with Gasteiger partial charge in [-0.25, -0.2) is 9.59 Å². The van der Waals surface area contributed by atoms with E-state index in [0.717, 1.165) is 23.8 Å². The van der Waals surface area contributed by atoms with Crippen molar-refractivity contribution in [1.82, 2.24) is 4.98 Å². The number of nitro benzene ring substituents is 2. The third-order valence-corrected chi connectivity index (χ3v) is 3.85. The van der Waals surface area contributed by atoms with Crippen LogP contribution in [0.2, 0.25) is 0 Å². The number of nitrogens with two attached hydrogens (primary N) is 1. The molecule has 1 heterocycles. The number of pyridine rings is 1. The Balaban J connectivity index is 0.000000266. The van der Waals surface area contributed by atoms with E-state index in [0.29, 0.717) is 11.1 Å².